The molecule has 1 unspecified atom stereocenters. The summed E-state index contributed by atoms with van der Waals surface area (Å²) in [5, 5.41) is 16.7. The number of hydrogen-bond acceptors (Lipinski definition) is 6. The van der Waals surface area contributed by atoms with E-state index >= 15 is 0 Å². The highest BCUT2D eigenvalue weighted by Gasteiger charge is 2.21. The van der Waals surface area contributed by atoms with E-state index in [4.69, 9.17) is 10.2 Å². The van der Waals surface area contributed by atoms with Crippen LogP contribution >= 0.6 is 0 Å². The summed E-state index contributed by atoms with van der Waals surface area (Å²) >= 11 is 0. The Bertz CT molecular complexity index is 859. The van der Waals surface area contributed by atoms with E-state index in [1.54, 1.807) is 12.1 Å². The Hall–Kier alpha value is -3.65. The summed E-state index contributed by atoms with van der Waals surface area (Å²) in [6.07, 6.45) is 12.1. The molecule has 1 aliphatic heterocycles. The van der Waals surface area contributed by atoms with Crippen LogP contribution in [0.2, 0.25) is 0 Å². The van der Waals surface area contributed by atoms with Crippen LogP contribution in [0.1, 0.15) is 45.2 Å². The van der Waals surface area contributed by atoms with Crippen LogP contribution < -0.4 is 0 Å². The fraction of sp³-hybridized carbons (Fsp3) is 0.227. The molecule has 2 N–H and O–H groups in total. The Morgan fingerprint density at radius 1 is 0.867 bits per heavy atom. The molecule has 1 saturated heterocycles. The summed E-state index contributed by atoms with van der Waals surface area (Å²) in [7, 11) is 2.19. The third-order valence-corrected chi connectivity index (χ3v) is 4.41. The van der Waals surface area contributed by atoms with Gasteiger partial charge in [-0.15, -0.1) is 0 Å². The molecule has 1 atom stereocenters. The molecule has 4 rings (SSSR count). The molecule has 0 radical (unpaired) electrons. The third kappa shape index (κ3) is 7.40. The lowest BCUT2D eigenvalue weighted by Crippen LogP contribution is -2.17. The van der Waals surface area contributed by atoms with Crippen LogP contribution in [0, 0.1) is 0 Å². The predicted octanol–water partition coefficient (Wildman–Crippen LogP) is 3.41. The third-order valence-electron chi connectivity index (χ3n) is 4.41. The summed E-state index contributed by atoms with van der Waals surface area (Å²) in [6.45, 7) is 1.22. The lowest BCUT2D eigenvalue weighted by molar-refractivity contribution is 0.0685. The van der Waals surface area contributed by atoms with Gasteiger partial charge in [0.1, 0.15) is 0 Å². The van der Waals surface area contributed by atoms with Crippen LogP contribution in [0.4, 0.5) is 0 Å². The van der Waals surface area contributed by atoms with E-state index in [0.29, 0.717) is 6.04 Å². The zero-order valence-electron chi connectivity index (χ0n) is 16.6. The van der Waals surface area contributed by atoms with Crippen molar-refractivity contribution >= 4 is 11.9 Å². The molecule has 8 heteroatoms. The largest absolute Gasteiger partial charge is 0.478 e. The summed E-state index contributed by atoms with van der Waals surface area (Å²) < 4.78 is 0. The molecule has 0 amide bonds. The van der Waals surface area contributed by atoms with E-state index in [0.717, 1.165) is 0 Å². The molecule has 0 aromatic carbocycles. The fourth-order valence-corrected chi connectivity index (χ4v) is 2.88. The number of pyridine rings is 3. The standard InChI is InChI=1S/C10H14N2.2C6H5NO2/c1-12-7-3-5-10(12)9-4-2-6-11-8-9;2*8-6(9)5-2-1-3-7-4-5/h2,4,6,8,10H,3,5,7H2,1H3;2*1-4H,(H,8,9). The SMILES string of the molecule is CN1CCCC1c1cccnc1.O=C(O)c1cccnc1.O=C(O)c1cccnc1. The van der Waals surface area contributed by atoms with Gasteiger partial charge in [-0.1, -0.05) is 6.07 Å². The van der Waals surface area contributed by atoms with Crippen LogP contribution in [-0.4, -0.2) is 55.6 Å². The highest BCUT2D eigenvalue weighted by atomic mass is 16.4. The number of carboxylic acid groups (broad SMARTS) is 2. The Morgan fingerprint density at radius 3 is 1.67 bits per heavy atom. The minimum atomic E-state index is -0.942. The second-order valence-electron chi connectivity index (χ2n) is 6.52. The van der Waals surface area contributed by atoms with Gasteiger partial charge in [-0.2, -0.15) is 0 Å². The van der Waals surface area contributed by atoms with Crippen LogP contribution in [0.5, 0.6) is 0 Å². The van der Waals surface area contributed by atoms with E-state index in [-0.39, 0.29) is 11.1 Å². The van der Waals surface area contributed by atoms with Gasteiger partial charge in [0.15, 0.2) is 0 Å². The van der Waals surface area contributed by atoms with Crippen LogP contribution in [-0.2, 0) is 0 Å². The zero-order valence-corrected chi connectivity index (χ0v) is 16.6. The van der Waals surface area contributed by atoms with Gasteiger partial charge < -0.3 is 10.2 Å². The van der Waals surface area contributed by atoms with Gasteiger partial charge >= 0.3 is 11.9 Å². The van der Waals surface area contributed by atoms with Gasteiger partial charge in [0.05, 0.1) is 11.1 Å². The lowest BCUT2D eigenvalue weighted by atomic mass is 10.1. The quantitative estimate of drug-likeness (QED) is 0.677. The van der Waals surface area contributed by atoms with Gasteiger partial charge in [-0.25, -0.2) is 9.59 Å². The van der Waals surface area contributed by atoms with Crippen molar-refractivity contribution in [3.8, 4) is 0 Å². The number of hydrogen-bond donors (Lipinski definition) is 2. The lowest BCUT2D eigenvalue weighted by Gasteiger charge is -2.18. The molecule has 1 fully saturated rings. The number of likely N-dealkylation sites (tertiary alicyclic amines) is 1. The highest BCUT2D eigenvalue weighted by Crippen LogP contribution is 2.29. The van der Waals surface area contributed by atoms with E-state index in [9.17, 15) is 9.59 Å². The molecule has 3 aromatic heterocycles. The summed E-state index contributed by atoms with van der Waals surface area (Å²) in [5.41, 5.74) is 1.80. The molecule has 30 heavy (non-hydrogen) atoms. The van der Waals surface area contributed by atoms with Crippen LogP contribution in [0.15, 0.2) is 73.6 Å². The maximum absolute atomic E-state index is 10.2. The molecule has 3 aromatic rings. The second kappa shape index (κ2) is 12.0. The van der Waals surface area contributed by atoms with Crippen molar-refractivity contribution in [2.24, 2.45) is 0 Å². The van der Waals surface area contributed by atoms with Crippen LogP contribution in [0.25, 0.3) is 0 Å². The van der Waals surface area contributed by atoms with E-state index in [1.165, 1.54) is 61.9 Å². The normalized spacial score (nSPS) is 15.2. The van der Waals surface area contributed by atoms with Crippen molar-refractivity contribution < 1.29 is 19.8 Å². The monoisotopic (exact) mass is 408 g/mol. The first-order valence-corrected chi connectivity index (χ1v) is 9.36. The van der Waals surface area contributed by atoms with Gasteiger partial charge in [0.25, 0.3) is 0 Å². The minimum absolute atomic E-state index is 0.220. The number of carboxylic acids is 2. The van der Waals surface area contributed by atoms with Gasteiger partial charge in [-0.3, -0.25) is 19.9 Å². The smallest absolute Gasteiger partial charge is 0.337 e. The van der Waals surface area contributed by atoms with Gasteiger partial charge in [0, 0.05) is 43.2 Å². The van der Waals surface area contributed by atoms with Crippen LogP contribution in [0.3, 0.4) is 0 Å². The Morgan fingerprint density at radius 2 is 1.37 bits per heavy atom. The molecule has 156 valence electrons. The van der Waals surface area contributed by atoms with Gasteiger partial charge in [-0.05, 0) is 62.3 Å². The number of aromatic nitrogens is 3. The second-order valence-corrected chi connectivity index (χ2v) is 6.52. The molecule has 0 bridgehead atoms. The maximum Gasteiger partial charge on any atom is 0.337 e. The Labute approximate surface area is 174 Å². The highest BCUT2D eigenvalue weighted by molar-refractivity contribution is 5.87. The molecule has 0 aliphatic carbocycles. The molecule has 4 heterocycles. The molecule has 8 nitrogen and oxygen atoms in total. The average molecular weight is 408 g/mol. The Balaban J connectivity index is 0.000000163. The molecule has 0 spiro atoms. The fourth-order valence-electron chi connectivity index (χ4n) is 2.88. The van der Waals surface area contributed by atoms with Gasteiger partial charge in [0.2, 0.25) is 0 Å². The van der Waals surface area contributed by atoms with Crippen molar-refractivity contribution in [2.75, 3.05) is 13.6 Å². The number of rotatable bonds is 3. The maximum atomic E-state index is 10.2. The van der Waals surface area contributed by atoms with Crippen molar-refractivity contribution in [3.63, 3.8) is 0 Å². The number of carbonyl (C=O) groups is 2. The number of aromatic carboxylic acids is 2. The topological polar surface area (TPSA) is 117 Å². The van der Waals surface area contributed by atoms with E-state index in [1.807, 2.05) is 18.5 Å². The average Bonchev–Trinajstić information content (AvgIpc) is 3.22. The summed E-state index contributed by atoms with van der Waals surface area (Å²) in [4.78, 5) is 34.1. The van der Waals surface area contributed by atoms with Crippen molar-refractivity contribution in [1.29, 1.82) is 0 Å². The van der Waals surface area contributed by atoms with Crippen molar-refractivity contribution in [1.82, 2.24) is 19.9 Å². The zero-order chi connectivity index (χ0) is 21.8. The number of nitrogens with zero attached hydrogens (tertiary/aromatic N) is 4. The molecular formula is C22H24N4O4. The molecular weight excluding hydrogens is 384 g/mol. The van der Waals surface area contributed by atoms with E-state index in [2.05, 4.69) is 33.0 Å². The van der Waals surface area contributed by atoms with Crippen molar-refractivity contribution in [3.05, 3.63) is 90.3 Å². The Kier molecular flexibility index (Phi) is 9.08. The predicted molar refractivity (Wildman–Crippen MR) is 111 cm³/mol. The summed E-state index contributed by atoms with van der Waals surface area (Å²) in [5.74, 6) is -1.88. The first-order valence-electron chi connectivity index (χ1n) is 9.36. The van der Waals surface area contributed by atoms with E-state index < -0.39 is 11.9 Å². The van der Waals surface area contributed by atoms with Crippen molar-refractivity contribution in [2.45, 2.75) is 18.9 Å². The first-order chi connectivity index (χ1) is 14.5. The first kappa shape index (κ1) is 22.6. The summed E-state index contributed by atoms with van der Waals surface area (Å²) in [6, 6.07) is 11.0. The molecule has 1 aliphatic rings. The molecule has 0 saturated carbocycles. The minimum Gasteiger partial charge on any atom is -0.478 e.